The third kappa shape index (κ3) is 6.97. The Balaban J connectivity index is 2.32. The highest BCUT2D eigenvalue weighted by Crippen LogP contribution is 2.27. The van der Waals surface area contributed by atoms with E-state index in [2.05, 4.69) is 17.6 Å². The van der Waals surface area contributed by atoms with E-state index in [0.717, 1.165) is 12.8 Å². The fraction of sp³-hybridized carbons (Fsp3) is 0.786. The summed E-state index contributed by atoms with van der Waals surface area (Å²) in [5, 5.41) is 14.1. The van der Waals surface area contributed by atoms with Gasteiger partial charge in [-0.15, -0.1) is 0 Å². The van der Waals surface area contributed by atoms with E-state index in [1.54, 1.807) is 0 Å². The van der Waals surface area contributed by atoms with Crippen molar-refractivity contribution in [2.45, 2.75) is 51.5 Å². The lowest BCUT2D eigenvalue weighted by atomic mass is 9.82. The molecule has 0 bridgehead atoms. The van der Waals surface area contributed by atoms with Crippen molar-refractivity contribution in [3.63, 3.8) is 0 Å². The van der Waals surface area contributed by atoms with E-state index >= 15 is 0 Å². The summed E-state index contributed by atoms with van der Waals surface area (Å²) >= 11 is 0. The molecule has 3 unspecified atom stereocenters. The molecule has 0 radical (unpaired) electrons. The number of carboxylic acids is 1. The smallest absolute Gasteiger partial charge is 0.326 e. The summed E-state index contributed by atoms with van der Waals surface area (Å²) in [7, 11) is 0. The predicted molar refractivity (Wildman–Crippen MR) is 77.5 cm³/mol. The van der Waals surface area contributed by atoms with Gasteiger partial charge in [-0.2, -0.15) is 0 Å². The third-order valence-corrected chi connectivity index (χ3v) is 3.88. The van der Waals surface area contributed by atoms with Gasteiger partial charge < -0.3 is 21.5 Å². The quantitative estimate of drug-likeness (QED) is 0.556. The first-order chi connectivity index (χ1) is 9.88. The van der Waals surface area contributed by atoms with Crippen molar-refractivity contribution in [3.05, 3.63) is 0 Å². The van der Waals surface area contributed by atoms with E-state index in [0.29, 0.717) is 18.4 Å². The van der Waals surface area contributed by atoms with Gasteiger partial charge in [0.05, 0.1) is 0 Å². The molecule has 21 heavy (non-hydrogen) atoms. The Morgan fingerprint density at radius 3 is 2.62 bits per heavy atom. The number of carbonyl (C=O) groups is 3. The normalized spacial score (nSPS) is 23.1. The second kappa shape index (κ2) is 8.49. The van der Waals surface area contributed by atoms with E-state index in [-0.39, 0.29) is 12.8 Å². The van der Waals surface area contributed by atoms with Gasteiger partial charge in [-0.1, -0.05) is 19.8 Å². The van der Waals surface area contributed by atoms with Crippen LogP contribution in [0.25, 0.3) is 0 Å². The Labute approximate surface area is 124 Å². The van der Waals surface area contributed by atoms with Gasteiger partial charge >= 0.3 is 12.0 Å². The molecule has 1 rings (SSSR count). The maximum Gasteiger partial charge on any atom is 0.326 e. The molecule has 1 aliphatic carbocycles. The average molecular weight is 299 g/mol. The first-order valence-corrected chi connectivity index (χ1v) is 7.44. The first-order valence-electron chi connectivity index (χ1n) is 7.44. The summed E-state index contributed by atoms with van der Waals surface area (Å²) < 4.78 is 0. The molecule has 0 aliphatic heterocycles. The molecule has 0 aromatic rings. The number of hydrogen-bond acceptors (Lipinski definition) is 3. The summed E-state index contributed by atoms with van der Waals surface area (Å²) in [6.45, 7) is 2.76. The molecule has 120 valence electrons. The number of carboxylic acid groups (broad SMARTS) is 1. The lowest BCUT2D eigenvalue weighted by molar-refractivity contribution is -0.139. The summed E-state index contributed by atoms with van der Waals surface area (Å²) in [4.78, 5) is 33.4. The summed E-state index contributed by atoms with van der Waals surface area (Å²) in [6, 6.07) is -1.60. The van der Waals surface area contributed by atoms with Crippen LogP contribution in [-0.2, 0) is 9.59 Å². The number of primary amides is 1. The molecule has 1 fully saturated rings. The molecule has 0 spiro atoms. The zero-order chi connectivity index (χ0) is 15.8. The monoisotopic (exact) mass is 299 g/mol. The van der Waals surface area contributed by atoms with E-state index in [1.165, 1.54) is 12.8 Å². The molecule has 0 saturated heterocycles. The Hall–Kier alpha value is -1.79. The molecule has 3 amide bonds. The number of carbonyl (C=O) groups excluding carboxylic acids is 2. The van der Waals surface area contributed by atoms with E-state index in [1.807, 2.05) is 0 Å². The molecule has 3 atom stereocenters. The molecule has 7 heteroatoms. The van der Waals surface area contributed by atoms with Crippen molar-refractivity contribution in [2.75, 3.05) is 6.54 Å². The highest BCUT2D eigenvalue weighted by atomic mass is 16.4. The van der Waals surface area contributed by atoms with Gasteiger partial charge in [0, 0.05) is 13.0 Å². The van der Waals surface area contributed by atoms with Crippen LogP contribution in [0.1, 0.15) is 45.4 Å². The largest absolute Gasteiger partial charge is 0.480 e. The minimum absolute atomic E-state index is 0.00144. The highest BCUT2D eigenvalue weighted by Gasteiger charge is 2.22. The van der Waals surface area contributed by atoms with Gasteiger partial charge in [-0.25, -0.2) is 9.59 Å². The topological polar surface area (TPSA) is 122 Å². The van der Waals surface area contributed by atoms with Crippen molar-refractivity contribution in [2.24, 2.45) is 17.6 Å². The van der Waals surface area contributed by atoms with Gasteiger partial charge in [-0.05, 0) is 31.1 Å². The first kappa shape index (κ1) is 17.3. The van der Waals surface area contributed by atoms with Crippen LogP contribution in [0, 0.1) is 11.8 Å². The minimum Gasteiger partial charge on any atom is -0.480 e. The number of hydrogen-bond donors (Lipinski definition) is 4. The number of amides is 3. The standard InChI is InChI=1S/C14H25N3O4/c1-9-3-2-4-10(7-9)8-16-14(21)17-11(13(19)20)5-6-12(15)18/h9-11H,2-8H2,1H3,(H2,15,18)(H,19,20)(H2,16,17,21). The Morgan fingerprint density at radius 2 is 2.05 bits per heavy atom. The second-order valence-electron chi connectivity index (χ2n) is 5.89. The summed E-state index contributed by atoms with van der Waals surface area (Å²) in [5.74, 6) is -0.623. The van der Waals surface area contributed by atoms with E-state index < -0.39 is 23.9 Å². The molecule has 0 aromatic heterocycles. The van der Waals surface area contributed by atoms with Crippen molar-refractivity contribution in [1.29, 1.82) is 0 Å². The maximum absolute atomic E-state index is 11.7. The fourth-order valence-electron chi connectivity index (χ4n) is 2.74. The highest BCUT2D eigenvalue weighted by molar-refractivity contribution is 5.83. The van der Waals surface area contributed by atoms with E-state index in [9.17, 15) is 14.4 Å². The Kier molecular flexibility index (Phi) is 6.98. The summed E-state index contributed by atoms with van der Waals surface area (Å²) in [5.41, 5.74) is 4.98. The number of nitrogens with one attached hydrogen (secondary N) is 2. The number of rotatable bonds is 7. The van der Waals surface area contributed by atoms with Crippen LogP contribution in [0.2, 0.25) is 0 Å². The van der Waals surface area contributed by atoms with Crippen molar-refractivity contribution >= 4 is 17.9 Å². The Morgan fingerprint density at radius 1 is 1.33 bits per heavy atom. The van der Waals surface area contributed by atoms with Crippen LogP contribution in [0.3, 0.4) is 0 Å². The predicted octanol–water partition coefficient (Wildman–Crippen LogP) is 0.831. The van der Waals surface area contributed by atoms with Crippen LogP contribution >= 0.6 is 0 Å². The number of aliphatic carboxylic acids is 1. The zero-order valence-corrected chi connectivity index (χ0v) is 12.4. The van der Waals surface area contributed by atoms with Crippen molar-refractivity contribution < 1.29 is 19.5 Å². The number of urea groups is 1. The molecule has 0 heterocycles. The zero-order valence-electron chi connectivity index (χ0n) is 12.4. The molecule has 1 aliphatic rings. The summed E-state index contributed by atoms with van der Waals surface area (Å²) in [6.07, 6.45) is 4.51. The minimum atomic E-state index is -1.17. The van der Waals surface area contributed by atoms with Gasteiger partial charge in [0.2, 0.25) is 5.91 Å². The fourth-order valence-corrected chi connectivity index (χ4v) is 2.74. The molecule has 7 nitrogen and oxygen atoms in total. The van der Waals surface area contributed by atoms with Gasteiger partial charge in [0.25, 0.3) is 0 Å². The molecular formula is C14H25N3O4. The van der Waals surface area contributed by atoms with Crippen molar-refractivity contribution in [3.8, 4) is 0 Å². The lowest BCUT2D eigenvalue weighted by Gasteiger charge is -2.27. The Bertz CT molecular complexity index is 386. The SMILES string of the molecule is CC1CCCC(CNC(=O)NC(CCC(N)=O)C(=O)O)C1. The van der Waals surface area contributed by atoms with E-state index in [4.69, 9.17) is 10.8 Å². The third-order valence-electron chi connectivity index (χ3n) is 3.88. The molecule has 0 aromatic carbocycles. The second-order valence-corrected chi connectivity index (χ2v) is 5.89. The molecule has 5 N–H and O–H groups in total. The van der Waals surface area contributed by atoms with Crippen molar-refractivity contribution in [1.82, 2.24) is 10.6 Å². The van der Waals surface area contributed by atoms with Gasteiger partial charge in [0.1, 0.15) is 6.04 Å². The van der Waals surface area contributed by atoms with Crippen LogP contribution in [0.15, 0.2) is 0 Å². The maximum atomic E-state index is 11.7. The van der Waals surface area contributed by atoms with Gasteiger partial charge in [0.15, 0.2) is 0 Å². The van der Waals surface area contributed by atoms with Crippen LogP contribution in [0.5, 0.6) is 0 Å². The molecular weight excluding hydrogens is 274 g/mol. The van der Waals surface area contributed by atoms with Crippen LogP contribution in [0.4, 0.5) is 4.79 Å². The average Bonchev–Trinajstić information content (AvgIpc) is 2.40. The van der Waals surface area contributed by atoms with Gasteiger partial charge in [-0.3, -0.25) is 4.79 Å². The molecule has 1 saturated carbocycles. The number of nitrogens with two attached hydrogens (primary N) is 1. The lowest BCUT2D eigenvalue weighted by Crippen LogP contribution is -2.47. The van der Waals surface area contributed by atoms with Crippen LogP contribution < -0.4 is 16.4 Å². The van der Waals surface area contributed by atoms with Crippen LogP contribution in [-0.4, -0.2) is 35.6 Å².